The van der Waals surface area contributed by atoms with Crippen LogP contribution in [0.3, 0.4) is 0 Å². The van der Waals surface area contributed by atoms with Crippen molar-refractivity contribution in [3.8, 4) is 0 Å². The molecule has 21 heavy (non-hydrogen) atoms. The summed E-state index contributed by atoms with van der Waals surface area (Å²) in [4.78, 5) is 33.2. The molecule has 0 atom stereocenters. The number of nitrogens with one attached hydrogen (secondary N) is 2. The van der Waals surface area contributed by atoms with Gasteiger partial charge in [-0.1, -0.05) is 19.9 Å². The third kappa shape index (κ3) is 6.51. The fourth-order valence-electron chi connectivity index (χ4n) is 1.55. The first-order valence-corrected chi connectivity index (χ1v) is 6.69. The zero-order valence-corrected chi connectivity index (χ0v) is 12.1. The van der Waals surface area contributed by atoms with Gasteiger partial charge in [-0.15, -0.1) is 0 Å². The van der Waals surface area contributed by atoms with E-state index in [1.54, 1.807) is 6.07 Å². The molecule has 1 rings (SSSR count). The SMILES string of the molecule is CC(C)CNC(=O)CCC(=O)Nc1cccc([N+](=O)[O-])c1. The van der Waals surface area contributed by atoms with E-state index in [-0.39, 0.29) is 30.3 Å². The van der Waals surface area contributed by atoms with Gasteiger partial charge in [-0.05, 0) is 12.0 Å². The van der Waals surface area contributed by atoms with Gasteiger partial charge in [0.05, 0.1) is 4.92 Å². The van der Waals surface area contributed by atoms with Gasteiger partial charge in [0.25, 0.3) is 5.69 Å². The quantitative estimate of drug-likeness (QED) is 0.593. The number of nitro groups is 1. The van der Waals surface area contributed by atoms with Crippen LogP contribution in [0.2, 0.25) is 0 Å². The van der Waals surface area contributed by atoms with E-state index in [1.165, 1.54) is 18.2 Å². The van der Waals surface area contributed by atoms with Crippen molar-refractivity contribution in [1.82, 2.24) is 5.32 Å². The molecule has 0 saturated carbocycles. The second-order valence-electron chi connectivity index (χ2n) is 5.05. The summed E-state index contributed by atoms with van der Waals surface area (Å²) < 4.78 is 0. The number of carbonyl (C=O) groups is 2. The average Bonchev–Trinajstić information content (AvgIpc) is 2.43. The van der Waals surface area contributed by atoms with Gasteiger partial charge in [0, 0.05) is 37.2 Å². The van der Waals surface area contributed by atoms with Crippen molar-refractivity contribution < 1.29 is 14.5 Å². The van der Waals surface area contributed by atoms with Crippen molar-refractivity contribution in [2.45, 2.75) is 26.7 Å². The summed E-state index contributed by atoms with van der Waals surface area (Å²) in [7, 11) is 0. The Morgan fingerprint density at radius 2 is 1.90 bits per heavy atom. The Kier molecular flexibility index (Phi) is 6.32. The van der Waals surface area contributed by atoms with Gasteiger partial charge in [0.15, 0.2) is 0 Å². The highest BCUT2D eigenvalue weighted by Gasteiger charge is 2.10. The van der Waals surface area contributed by atoms with Crippen LogP contribution in [0.15, 0.2) is 24.3 Å². The van der Waals surface area contributed by atoms with Crippen LogP contribution in [0.5, 0.6) is 0 Å². The lowest BCUT2D eigenvalue weighted by atomic mass is 10.2. The standard InChI is InChI=1S/C14H19N3O4/c1-10(2)9-15-13(18)6-7-14(19)16-11-4-3-5-12(8-11)17(20)21/h3-5,8,10H,6-7,9H2,1-2H3,(H,15,18)(H,16,19). The number of nitro benzene ring substituents is 1. The fourth-order valence-corrected chi connectivity index (χ4v) is 1.55. The fraction of sp³-hybridized carbons (Fsp3) is 0.429. The maximum Gasteiger partial charge on any atom is 0.271 e. The Labute approximate surface area is 122 Å². The van der Waals surface area contributed by atoms with E-state index in [2.05, 4.69) is 10.6 Å². The molecule has 2 N–H and O–H groups in total. The molecule has 0 saturated heterocycles. The molecule has 0 aromatic heterocycles. The minimum Gasteiger partial charge on any atom is -0.356 e. The minimum atomic E-state index is -0.533. The van der Waals surface area contributed by atoms with Crippen molar-refractivity contribution in [1.29, 1.82) is 0 Å². The summed E-state index contributed by atoms with van der Waals surface area (Å²) >= 11 is 0. The second kappa shape index (κ2) is 7.98. The van der Waals surface area contributed by atoms with Gasteiger partial charge < -0.3 is 10.6 Å². The number of non-ortho nitro benzene ring substituents is 1. The molecule has 114 valence electrons. The molecular formula is C14H19N3O4. The van der Waals surface area contributed by atoms with Crippen molar-refractivity contribution in [3.05, 3.63) is 34.4 Å². The number of nitrogens with zero attached hydrogens (tertiary/aromatic N) is 1. The van der Waals surface area contributed by atoms with Crippen LogP contribution in [0.1, 0.15) is 26.7 Å². The summed E-state index contributed by atoms with van der Waals surface area (Å²) in [6.45, 7) is 4.54. The third-order valence-corrected chi connectivity index (χ3v) is 2.63. The topological polar surface area (TPSA) is 101 Å². The predicted octanol–water partition coefficient (Wildman–Crippen LogP) is 2.09. The molecule has 0 aliphatic rings. The highest BCUT2D eigenvalue weighted by Crippen LogP contribution is 2.17. The van der Waals surface area contributed by atoms with Gasteiger partial charge in [-0.25, -0.2) is 0 Å². The first-order chi connectivity index (χ1) is 9.88. The van der Waals surface area contributed by atoms with Crippen LogP contribution in [0, 0.1) is 16.0 Å². The van der Waals surface area contributed by atoms with Crippen LogP contribution in [0.25, 0.3) is 0 Å². The second-order valence-corrected chi connectivity index (χ2v) is 5.05. The Bertz CT molecular complexity index is 529. The number of hydrogen-bond donors (Lipinski definition) is 2. The molecule has 0 fully saturated rings. The van der Waals surface area contributed by atoms with E-state index >= 15 is 0 Å². The minimum absolute atomic E-state index is 0.0343. The summed E-state index contributed by atoms with van der Waals surface area (Å²) in [6.07, 6.45) is 0.125. The summed E-state index contributed by atoms with van der Waals surface area (Å²) in [6, 6.07) is 5.67. The van der Waals surface area contributed by atoms with Crippen LogP contribution in [-0.2, 0) is 9.59 Å². The summed E-state index contributed by atoms with van der Waals surface area (Å²) in [5.74, 6) is -0.180. The van der Waals surface area contributed by atoms with Gasteiger partial charge in [0.2, 0.25) is 11.8 Å². The normalized spacial score (nSPS) is 10.2. The molecule has 0 bridgehead atoms. The Morgan fingerprint density at radius 3 is 2.52 bits per heavy atom. The van der Waals surface area contributed by atoms with Crippen LogP contribution < -0.4 is 10.6 Å². The molecule has 0 spiro atoms. The number of hydrogen-bond acceptors (Lipinski definition) is 4. The smallest absolute Gasteiger partial charge is 0.271 e. The molecule has 1 aromatic carbocycles. The average molecular weight is 293 g/mol. The van der Waals surface area contributed by atoms with E-state index in [4.69, 9.17) is 0 Å². The number of benzene rings is 1. The lowest BCUT2D eigenvalue weighted by molar-refractivity contribution is -0.384. The highest BCUT2D eigenvalue weighted by atomic mass is 16.6. The van der Waals surface area contributed by atoms with E-state index in [0.29, 0.717) is 18.2 Å². The van der Waals surface area contributed by atoms with Gasteiger partial charge >= 0.3 is 0 Å². The van der Waals surface area contributed by atoms with Crippen molar-refractivity contribution in [2.24, 2.45) is 5.92 Å². The number of carbonyl (C=O) groups excluding carboxylic acids is 2. The molecule has 1 aromatic rings. The number of amides is 2. The van der Waals surface area contributed by atoms with Crippen molar-refractivity contribution in [2.75, 3.05) is 11.9 Å². The maximum atomic E-state index is 11.7. The van der Waals surface area contributed by atoms with Crippen molar-refractivity contribution >= 4 is 23.2 Å². The van der Waals surface area contributed by atoms with E-state index in [1.807, 2.05) is 13.8 Å². The van der Waals surface area contributed by atoms with E-state index in [9.17, 15) is 19.7 Å². The van der Waals surface area contributed by atoms with E-state index in [0.717, 1.165) is 0 Å². The number of anilines is 1. The molecular weight excluding hydrogens is 274 g/mol. The Balaban J connectivity index is 2.42. The van der Waals surface area contributed by atoms with Gasteiger partial charge in [-0.2, -0.15) is 0 Å². The van der Waals surface area contributed by atoms with Crippen LogP contribution in [0.4, 0.5) is 11.4 Å². The molecule has 7 heteroatoms. The molecule has 0 aliphatic heterocycles. The zero-order chi connectivity index (χ0) is 15.8. The summed E-state index contributed by atoms with van der Waals surface area (Å²) in [5, 5.41) is 15.9. The highest BCUT2D eigenvalue weighted by molar-refractivity contribution is 5.93. The number of rotatable bonds is 7. The summed E-state index contributed by atoms with van der Waals surface area (Å²) in [5.41, 5.74) is 0.249. The molecule has 7 nitrogen and oxygen atoms in total. The third-order valence-electron chi connectivity index (χ3n) is 2.63. The zero-order valence-electron chi connectivity index (χ0n) is 12.1. The largest absolute Gasteiger partial charge is 0.356 e. The lowest BCUT2D eigenvalue weighted by Crippen LogP contribution is -2.28. The van der Waals surface area contributed by atoms with E-state index < -0.39 is 4.92 Å². The predicted molar refractivity (Wildman–Crippen MR) is 78.8 cm³/mol. The molecule has 0 unspecified atom stereocenters. The Morgan fingerprint density at radius 1 is 1.24 bits per heavy atom. The lowest BCUT2D eigenvalue weighted by Gasteiger charge is -2.08. The van der Waals surface area contributed by atoms with Gasteiger partial charge in [-0.3, -0.25) is 19.7 Å². The molecule has 0 heterocycles. The molecule has 0 aliphatic carbocycles. The first kappa shape index (κ1) is 16.6. The van der Waals surface area contributed by atoms with Crippen LogP contribution in [-0.4, -0.2) is 23.3 Å². The molecule has 2 amide bonds. The Hall–Kier alpha value is -2.44. The van der Waals surface area contributed by atoms with Gasteiger partial charge in [0.1, 0.15) is 0 Å². The van der Waals surface area contributed by atoms with Crippen molar-refractivity contribution in [3.63, 3.8) is 0 Å². The monoisotopic (exact) mass is 293 g/mol. The first-order valence-electron chi connectivity index (χ1n) is 6.69. The van der Waals surface area contributed by atoms with Crippen LogP contribution >= 0.6 is 0 Å². The maximum absolute atomic E-state index is 11.7. The molecule has 0 radical (unpaired) electrons.